The smallest absolute Gasteiger partial charge is 0.234 e. The fourth-order valence-corrected chi connectivity index (χ4v) is 2.99. The van der Waals surface area contributed by atoms with Gasteiger partial charge in [0.25, 0.3) is 0 Å². The summed E-state index contributed by atoms with van der Waals surface area (Å²) in [7, 11) is 1.66. The number of amides is 1. The summed E-state index contributed by atoms with van der Waals surface area (Å²) in [6.07, 6.45) is 3.71. The fourth-order valence-electron chi connectivity index (χ4n) is 2.99. The van der Waals surface area contributed by atoms with Gasteiger partial charge in [-0.1, -0.05) is 32.4 Å². The third-order valence-corrected chi connectivity index (χ3v) is 4.27. The quantitative estimate of drug-likeness (QED) is 0.878. The lowest BCUT2D eigenvalue weighted by Crippen LogP contribution is -2.42. The molecule has 0 saturated carbocycles. The van der Waals surface area contributed by atoms with Gasteiger partial charge in [-0.25, -0.2) is 0 Å². The normalized spacial score (nSPS) is 17.3. The van der Waals surface area contributed by atoms with Crippen LogP contribution in [0.1, 0.15) is 44.7 Å². The first kappa shape index (κ1) is 16.8. The maximum Gasteiger partial charge on any atom is 0.234 e. The fraction of sp³-hybridized carbons (Fsp3) is 0.611. The van der Waals surface area contributed by atoms with Crippen LogP contribution in [0.4, 0.5) is 0 Å². The van der Waals surface area contributed by atoms with Crippen LogP contribution in [0.5, 0.6) is 5.75 Å². The molecule has 1 aliphatic heterocycles. The molecule has 122 valence electrons. The first-order chi connectivity index (χ1) is 10.6. The SMILES string of the molecule is COc1ccc([C@H](NC(=O)CN2CCCCC2)C(C)C)cc1. The van der Waals surface area contributed by atoms with E-state index in [1.165, 1.54) is 19.3 Å². The maximum absolute atomic E-state index is 12.3. The van der Waals surface area contributed by atoms with Crippen LogP contribution in [-0.4, -0.2) is 37.6 Å². The van der Waals surface area contributed by atoms with Crippen molar-refractivity contribution in [3.05, 3.63) is 29.8 Å². The molecule has 4 heteroatoms. The zero-order valence-corrected chi connectivity index (χ0v) is 14.0. The highest BCUT2D eigenvalue weighted by molar-refractivity contribution is 5.78. The molecule has 0 spiro atoms. The van der Waals surface area contributed by atoms with Gasteiger partial charge in [0, 0.05) is 0 Å². The van der Waals surface area contributed by atoms with Crippen molar-refractivity contribution in [1.82, 2.24) is 10.2 Å². The largest absolute Gasteiger partial charge is 0.497 e. The van der Waals surface area contributed by atoms with E-state index in [9.17, 15) is 4.79 Å². The van der Waals surface area contributed by atoms with E-state index in [-0.39, 0.29) is 11.9 Å². The van der Waals surface area contributed by atoms with Gasteiger partial charge < -0.3 is 10.1 Å². The van der Waals surface area contributed by atoms with Crippen molar-refractivity contribution >= 4 is 5.91 Å². The van der Waals surface area contributed by atoms with E-state index >= 15 is 0 Å². The Bertz CT molecular complexity index is 464. The van der Waals surface area contributed by atoms with Gasteiger partial charge in [0.2, 0.25) is 5.91 Å². The molecular weight excluding hydrogens is 276 g/mol. The summed E-state index contributed by atoms with van der Waals surface area (Å²) in [6.45, 7) is 6.87. The van der Waals surface area contributed by atoms with Crippen LogP contribution in [0.2, 0.25) is 0 Å². The third kappa shape index (κ3) is 4.73. The van der Waals surface area contributed by atoms with Crippen LogP contribution in [0.25, 0.3) is 0 Å². The molecule has 1 saturated heterocycles. The number of ether oxygens (including phenoxy) is 1. The summed E-state index contributed by atoms with van der Waals surface area (Å²) < 4.78 is 5.20. The molecule has 1 heterocycles. The molecule has 0 bridgehead atoms. The topological polar surface area (TPSA) is 41.6 Å². The number of methoxy groups -OCH3 is 1. The Hall–Kier alpha value is -1.55. The van der Waals surface area contributed by atoms with E-state index in [1.54, 1.807) is 7.11 Å². The van der Waals surface area contributed by atoms with Crippen LogP contribution in [0.3, 0.4) is 0 Å². The second-order valence-electron chi connectivity index (χ2n) is 6.40. The van der Waals surface area contributed by atoms with Gasteiger partial charge in [-0.15, -0.1) is 0 Å². The molecule has 0 aliphatic carbocycles. The number of carbonyl (C=O) groups is 1. The highest BCUT2D eigenvalue weighted by Gasteiger charge is 2.20. The molecule has 1 N–H and O–H groups in total. The molecule has 1 fully saturated rings. The van der Waals surface area contributed by atoms with Crippen molar-refractivity contribution in [2.75, 3.05) is 26.7 Å². The Balaban J connectivity index is 1.96. The molecule has 1 aliphatic rings. The van der Waals surface area contributed by atoms with E-state index in [0.717, 1.165) is 24.4 Å². The van der Waals surface area contributed by atoms with Gasteiger partial charge in [0.1, 0.15) is 5.75 Å². The zero-order chi connectivity index (χ0) is 15.9. The summed E-state index contributed by atoms with van der Waals surface area (Å²) in [4.78, 5) is 14.6. The molecule has 2 rings (SSSR count). The van der Waals surface area contributed by atoms with Crippen molar-refractivity contribution in [3.8, 4) is 5.75 Å². The standard InChI is InChI=1S/C18H28N2O2/c1-14(2)18(15-7-9-16(22-3)10-8-15)19-17(21)13-20-11-5-4-6-12-20/h7-10,14,18H,4-6,11-13H2,1-3H3,(H,19,21)/t18-/m1/s1. The van der Waals surface area contributed by atoms with E-state index < -0.39 is 0 Å². The Morgan fingerprint density at radius 1 is 1.18 bits per heavy atom. The van der Waals surface area contributed by atoms with Gasteiger partial charge in [0.05, 0.1) is 19.7 Å². The molecule has 0 aromatic heterocycles. The minimum Gasteiger partial charge on any atom is -0.497 e. The van der Waals surface area contributed by atoms with E-state index in [1.807, 2.05) is 24.3 Å². The lowest BCUT2D eigenvalue weighted by atomic mass is 9.96. The number of nitrogens with zero attached hydrogens (tertiary/aromatic N) is 1. The lowest BCUT2D eigenvalue weighted by Gasteiger charge is -2.28. The van der Waals surface area contributed by atoms with E-state index in [2.05, 4.69) is 24.1 Å². The first-order valence-corrected chi connectivity index (χ1v) is 8.26. The van der Waals surface area contributed by atoms with Crippen LogP contribution in [0, 0.1) is 5.92 Å². The Kier molecular flexibility index (Phi) is 6.25. The van der Waals surface area contributed by atoms with E-state index in [4.69, 9.17) is 4.74 Å². The zero-order valence-electron chi connectivity index (χ0n) is 14.0. The minimum absolute atomic E-state index is 0.0446. The average Bonchev–Trinajstić information content (AvgIpc) is 2.53. The van der Waals surface area contributed by atoms with Gasteiger partial charge >= 0.3 is 0 Å². The summed E-state index contributed by atoms with van der Waals surface area (Å²) in [5, 5.41) is 3.20. The van der Waals surface area contributed by atoms with Crippen molar-refractivity contribution in [2.45, 2.75) is 39.2 Å². The second kappa shape index (κ2) is 8.18. The number of hydrogen-bond acceptors (Lipinski definition) is 3. The maximum atomic E-state index is 12.3. The minimum atomic E-state index is 0.0446. The molecule has 1 amide bonds. The molecule has 1 aromatic carbocycles. The molecule has 0 unspecified atom stereocenters. The van der Waals surface area contributed by atoms with Crippen molar-refractivity contribution in [3.63, 3.8) is 0 Å². The summed E-state index contributed by atoms with van der Waals surface area (Å²) >= 11 is 0. The molecule has 1 aromatic rings. The molecule has 0 radical (unpaired) electrons. The number of likely N-dealkylation sites (tertiary alicyclic amines) is 1. The Morgan fingerprint density at radius 3 is 2.36 bits per heavy atom. The highest BCUT2D eigenvalue weighted by atomic mass is 16.5. The van der Waals surface area contributed by atoms with Crippen LogP contribution < -0.4 is 10.1 Å². The third-order valence-electron chi connectivity index (χ3n) is 4.27. The van der Waals surface area contributed by atoms with Gasteiger partial charge in [0.15, 0.2) is 0 Å². The number of carbonyl (C=O) groups excluding carboxylic acids is 1. The molecule has 22 heavy (non-hydrogen) atoms. The van der Waals surface area contributed by atoms with Crippen molar-refractivity contribution in [2.24, 2.45) is 5.92 Å². The monoisotopic (exact) mass is 304 g/mol. The lowest BCUT2D eigenvalue weighted by molar-refractivity contribution is -0.123. The Morgan fingerprint density at radius 2 is 1.82 bits per heavy atom. The number of hydrogen-bond donors (Lipinski definition) is 1. The molecule has 4 nitrogen and oxygen atoms in total. The predicted molar refractivity (Wildman–Crippen MR) is 89.0 cm³/mol. The van der Waals surface area contributed by atoms with Crippen LogP contribution >= 0.6 is 0 Å². The number of benzene rings is 1. The predicted octanol–water partition coefficient (Wildman–Crippen LogP) is 2.99. The summed E-state index contributed by atoms with van der Waals surface area (Å²) in [6, 6.07) is 8.00. The van der Waals surface area contributed by atoms with Crippen molar-refractivity contribution in [1.29, 1.82) is 0 Å². The van der Waals surface area contributed by atoms with Gasteiger partial charge in [-0.2, -0.15) is 0 Å². The Labute approximate surface area is 133 Å². The van der Waals surface area contributed by atoms with E-state index in [0.29, 0.717) is 12.5 Å². The molecule has 1 atom stereocenters. The van der Waals surface area contributed by atoms with Gasteiger partial charge in [-0.05, 0) is 49.5 Å². The summed E-state index contributed by atoms with van der Waals surface area (Å²) in [5.41, 5.74) is 1.13. The average molecular weight is 304 g/mol. The van der Waals surface area contributed by atoms with Crippen LogP contribution in [-0.2, 0) is 4.79 Å². The first-order valence-electron chi connectivity index (χ1n) is 8.26. The number of piperidine rings is 1. The molecular formula is C18H28N2O2. The van der Waals surface area contributed by atoms with Gasteiger partial charge in [-0.3, -0.25) is 9.69 Å². The number of nitrogens with one attached hydrogen (secondary N) is 1. The highest BCUT2D eigenvalue weighted by Crippen LogP contribution is 2.24. The van der Waals surface area contributed by atoms with Crippen LogP contribution in [0.15, 0.2) is 24.3 Å². The number of rotatable bonds is 6. The van der Waals surface area contributed by atoms with Crippen molar-refractivity contribution < 1.29 is 9.53 Å². The summed E-state index contributed by atoms with van der Waals surface area (Å²) in [5.74, 6) is 1.31. The second-order valence-corrected chi connectivity index (χ2v) is 6.40.